The van der Waals surface area contributed by atoms with Crippen molar-refractivity contribution in [3.05, 3.63) is 74.8 Å². The molecule has 0 bridgehead atoms. The van der Waals surface area contributed by atoms with Gasteiger partial charge in [-0.15, -0.1) is 0 Å². The number of aromatic nitrogens is 1. The Hall–Kier alpha value is -3.23. The average Bonchev–Trinajstić information content (AvgIpc) is 2.66. The van der Waals surface area contributed by atoms with Crippen LogP contribution in [0.25, 0.3) is 10.9 Å². The van der Waals surface area contributed by atoms with E-state index >= 15 is 0 Å². The molecule has 28 heavy (non-hydrogen) atoms. The number of nitrogens with one attached hydrogen (secondary N) is 1. The molecular weight excluding hydrogens is 385 g/mol. The molecule has 1 heterocycles. The fourth-order valence-corrected chi connectivity index (χ4v) is 2.55. The number of ether oxygens (including phenoxy) is 1. The average molecular weight is 397 g/mol. The van der Waals surface area contributed by atoms with E-state index in [0.29, 0.717) is 10.9 Å². The molecule has 9 heteroatoms. The van der Waals surface area contributed by atoms with E-state index in [9.17, 15) is 31.5 Å². The molecular formula is C19H12F5NO3. The summed E-state index contributed by atoms with van der Waals surface area (Å²) in [6, 6.07) is 6.16. The van der Waals surface area contributed by atoms with Gasteiger partial charge in [-0.1, -0.05) is 26.0 Å². The Morgan fingerprint density at radius 3 is 2.07 bits per heavy atom. The van der Waals surface area contributed by atoms with Crippen molar-refractivity contribution in [1.82, 2.24) is 4.98 Å². The minimum Gasteiger partial charge on any atom is -0.416 e. The highest BCUT2D eigenvalue weighted by molar-refractivity contribution is 5.94. The predicted molar refractivity (Wildman–Crippen MR) is 89.8 cm³/mol. The Morgan fingerprint density at radius 2 is 1.50 bits per heavy atom. The molecule has 0 fully saturated rings. The molecule has 1 aromatic heterocycles. The molecule has 0 spiro atoms. The van der Waals surface area contributed by atoms with Crippen LogP contribution in [0, 0.1) is 29.1 Å². The summed E-state index contributed by atoms with van der Waals surface area (Å²) in [5.74, 6) is -14.7. The Morgan fingerprint density at radius 1 is 0.929 bits per heavy atom. The van der Waals surface area contributed by atoms with Crippen LogP contribution in [0.2, 0.25) is 0 Å². The molecule has 4 nitrogen and oxygen atoms in total. The molecule has 3 rings (SSSR count). The first kappa shape index (κ1) is 19.5. The number of fused-ring (bicyclic) bond motifs is 1. The number of carbonyl (C=O) groups is 1. The van der Waals surface area contributed by atoms with Gasteiger partial charge in [0.15, 0.2) is 0 Å². The van der Waals surface area contributed by atoms with Crippen molar-refractivity contribution in [2.45, 2.75) is 19.8 Å². The number of halogens is 5. The molecule has 0 aliphatic rings. The van der Waals surface area contributed by atoms with Gasteiger partial charge in [0.2, 0.25) is 34.8 Å². The first-order chi connectivity index (χ1) is 13.1. The van der Waals surface area contributed by atoms with Crippen LogP contribution < -0.4 is 10.3 Å². The smallest absolute Gasteiger partial charge is 0.349 e. The maximum atomic E-state index is 13.7. The van der Waals surface area contributed by atoms with Gasteiger partial charge in [0.25, 0.3) is 5.56 Å². The van der Waals surface area contributed by atoms with Crippen molar-refractivity contribution in [3.8, 4) is 5.75 Å². The summed E-state index contributed by atoms with van der Waals surface area (Å²) in [7, 11) is 0. The lowest BCUT2D eigenvalue weighted by atomic mass is 10.0. The van der Waals surface area contributed by atoms with Crippen LogP contribution in [0.1, 0.15) is 35.7 Å². The van der Waals surface area contributed by atoms with Crippen LogP contribution in [0.15, 0.2) is 29.1 Å². The Balaban J connectivity index is 2.04. The largest absolute Gasteiger partial charge is 0.416 e. The van der Waals surface area contributed by atoms with Crippen molar-refractivity contribution in [2.75, 3.05) is 0 Å². The van der Waals surface area contributed by atoms with Crippen LogP contribution in [0.4, 0.5) is 22.0 Å². The number of carbonyl (C=O) groups excluding carboxylic acids is 1. The third-order valence-electron chi connectivity index (χ3n) is 4.12. The van der Waals surface area contributed by atoms with Gasteiger partial charge in [0.1, 0.15) is 5.56 Å². The topological polar surface area (TPSA) is 59.2 Å². The van der Waals surface area contributed by atoms with Gasteiger partial charge < -0.3 is 9.72 Å². The standard InChI is InChI=1S/C19H12F5NO3/c1-7(2)8-3-4-9-5-10(18(26)25-11(9)6-8)19(27)28-17-15(23)13(21)12(20)14(22)16(17)24/h3-7H,1-2H3,(H,25,26). The van der Waals surface area contributed by atoms with E-state index in [-0.39, 0.29) is 5.92 Å². The SMILES string of the molecule is CC(C)c1ccc2cc(C(=O)Oc3c(F)c(F)c(F)c(F)c3F)c(=O)[nH]c2c1. The number of rotatable bonds is 3. The molecule has 0 aliphatic carbocycles. The van der Waals surface area contributed by atoms with E-state index in [1.165, 1.54) is 0 Å². The van der Waals surface area contributed by atoms with Crippen LogP contribution in [0.3, 0.4) is 0 Å². The zero-order valence-corrected chi connectivity index (χ0v) is 14.5. The Kier molecular flexibility index (Phi) is 4.93. The maximum Gasteiger partial charge on any atom is 0.349 e. The molecule has 0 radical (unpaired) electrons. The first-order valence-corrected chi connectivity index (χ1v) is 8.02. The number of pyridine rings is 1. The minimum atomic E-state index is -2.39. The zero-order valence-electron chi connectivity index (χ0n) is 14.5. The summed E-state index contributed by atoms with van der Waals surface area (Å²) in [6.45, 7) is 3.88. The van der Waals surface area contributed by atoms with E-state index < -0.39 is 51.9 Å². The summed E-state index contributed by atoms with van der Waals surface area (Å²) >= 11 is 0. The lowest BCUT2D eigenvalue weighted by molar-refractivity contribution is 0.0714. The molecule has 0 amide bonds. The van der Waals surface area contributed by atoms with Crippen molar-refractivity contribution in [2.24, 2.45) is 0 Å². The third kappa shape index (κ3) is 3.23. The summed E-state index contributed by atoms with van der Waals surface area (Å²) < 4.78 is 71.2. The highest BCUT2D eigenvalue weighted by Crippen LogP contribution is 2.29. The Bertz CT molecular complexity index is 1140. The predicted octanol–water partition coefficient (Wildman–Crippen LogP) is 4.57. The number of hydrogen-bond donors (Lipinski definition) is 1. The molecule has 0 unspecified atom stereocenters. The van der Waals surface area contributed by atoms with E-state index in [0.717, 1.165) is 11.6 Å². The monoisotopic (exact) mass is 397 g/mol. The third-order valence-corrected chi connectivity index (χ3v) is 4.12. The quantitative estimate of drug-likeness (QED) is 0.232. The summed E-state index contributed by atoms with van der Waals surface area (Å²) in [5.41, 5.74) is -0.278. The maximum absolute atomic E-state index is 13.7. The number of hydrogen-bond acceptors (Lipinski definition) is 3. The second kappa shape index (κ2) is 7.06. The molecule has 0 aliphatic heterocycles. The molecule has 146 valence electrons. The van der Waals surface area contributed by atoms with Gasteiger partial charge in [-0.05, 0) is 29.0 Å². The first-order valence-electron chi connectivity index (χ1n) is 8.02. The van der Waals surface area contributed by atoms with E-state index in [1.54, 1.807) is 18.2 Å². The molecule has 1 N–H and O–H groups in total. The molecule has 3 aromatic rings. The number of esters is 1. The zero-order chi connectivity index (χ0) is 20.7. The van der Waals surface area contributed by atoms with Crippen LogP contribution in [0.5, 0.6) is 5.75 Å². The fourth-order valence-electron chi connectivity index (χ4n) is 2.55. The number of aromatic amines is 1. The second-order valence-electron chi connectivity index (χ2n) is 6.30. The van der Waals surface area contributed by atoms with Crippen molar-refractivity contribution in [3.63, 3.8) is 0 Å². The van der Waals surface area contributed by atoms with Crippen LogP contribution in [-0.4, -0.2) is 11.0 Å². The van der Waals surface area contributed by atoms with E-state index in [2.05, 4.69) is 9.72 Å². The minimum absolute atomic E-state index is 0.173. The summed E-state index contributed by atoms with van der Waals surface area (Å²) in [4.78, 5) is 26.7. The van der Waals surface area contributed by atoms with Crippen molar-refractivity contribution >= 4 is 16.9 Å². The number of H-pyrrole nitrogens is 1. The molecule has 0 saturated carbocycles. The van der Waals surface area contributed by atoms with Crippen molar-refractivity contribution < 1.29 is 31.5 Å². The molecule has 0 saturated heterocycles. The van der Waals surface area contributed by atoms with Gasteiger partial charge in [-0.25, -0.2) is 18.0 Å². The van der Waals surface area contributed by atoms with Gasteiger partial charge >= 0.3 is 5.97 Å². The lowest BCUT2D eigenvalue weighted by Gasteiger charge is -2.10. The fraction of sp³-hybridized carbons (Fsp3) is 0.158. The van der Waals surface area contributed by atoms with Gasteiger partial charge in [0, 0.05) is 5.52 Å². The van der Waals surface area contributed by atoms with E-state index in [4.69, 9.17) is 0 Å². The molecule has 0 atom stereocenters. The van der Waals surface area contributed by atoms with Crippen molar-refractivity contribution in [1.29, 1.82) is 0 Å². The molecule has 2 aromatic carbocycles. The summed E-state index contributed by atoms with van der Waals surface area (Å²) in [5, 5.41) is 0.411. The van der Waals surface area contributed by atoms with Gasteiger partial charge in [0.05, 0.1) is 0 Å². The second-order valence-corrected chi connectivity index (χ2v) is 6.30. The van der Waals surface area contributed by atoms with Crippen LogP contribution >= 0.6 is 0 Å². The summed E-state index contributed by atoms with van der Waals surface area (Å²) in [6.07, 6.45) is 0. The van der Waals surface area contributed by atoms with E-state index in [1.807, 2.05) is 13.8 Å². The highest BCUT2D eigenvalue weighted by atomic mass is 19.2. The lowest BCUT2D eigenvalue weighted by Crippen LogP contribution is -2.22. The highest BCUT2D eigenvalue weighted by Gasteiger charge is 2.29. The Labute approximate surface area is 154 Å². The normalized spacial score (nSPS) is 11.3. The van der Waals surface area contributed by atoms with Gasteiger partial charge in [-0.3, -0.25) is 4.79 Å². The van der Waals surface area contributed by atoms with Gasteiger partial charge in [-0.2, -0.15) is 8.78 Å². The number of benzene rings is 2. The van der Waals surface area contributed by atoms with Crippen LogP contribution in [-0.2, 0) is 0 Å².